The molecule has 0 amide bonds. The van der Waals surface area contributed by atoms with Crippen LogP contribution in [0.4, 0.5) is 5.69 Å². The van der Waals surface area contributed by atoms with E-state index in [4.69, 9.17) is 4.74 Å². The summed E-state index contributed by atoms with van der Waals surface area (Å²) in [5.74, 6) is 0.685. The summed E-state index contributed by atoms with van der Waals surface area (Å²) in [5, 5.41) is 9.69. The predicted molar refractivity (Wildman–Crippen MR) is 82.5 cm³/mol. The number of aromatic hydroxyl groups is 1. The monoisotopic (exact) mass is 271 g/mol. The lowest BCUT2D eigenvalue weighted by Crippen LogP contribution is -2.26. The highest BCUT2D eigenvalue weighted by molar-refractivity contribution is 5.50. The average molecular weight is 271 g/mol. The van der Waals surface area contributed by atoms with Crippen LogP contribution in [0.25, 0.3) is 0 Å². The fourth-order valence-corrected chi connectivity index (χ4v) is 2.43. The van der Waals surface area contributed by atoms with Crippen LogP contribution in [0, 0.1) is 0 Å². The second kappa shape index (κ2) is 6.33. The van der Waals surface area contributed by atoms with Crippen LogP contribution in [0.3, 0.4) is 0 Å². The van der Waals surface area contributed by atoms with Gasteiger partial charge in [-0.25, -0.2) is 0 Å². The molecule has 0 fully saturated rings. The van der Waals surface area contributed by atoms with Gasteiger partial charge in [0.2, 0.25) is 0 Å². The Morgan fingerprint density at radius 1 is 1.15 bits per heavy atom. The normalized spacial score (nSPS) is 11.9. The van der Waals surface area contributed by atoms with E-state index in [1.165, 1.54) is 5.69 Å². The van der Waals surface area contributed by atoms with E-state index >= 15 is 0 Å². The zero-order valence-corrected chi connectivity index (χ0v) is 12.2. The van der Waals surface area contributed by atoms with Crippen molar-refractivity contribution < 1.29 is 9.84 Å². The lowest BCUT2D eigenvalue weighted by atomic mass is 10.1. The molecule has 0 aliphatic heterocycles. The van der Waals surface area contributed by atoms with Crippen LogP contribution in [0.5, 0.6) is 11.5 Å². The molecule has 20 heavy (non-hydrogen) atoms. The molecule has 3 heteroatoms. The smallest absolute Gasteiger partial charge is 0.160 e. The van der Waals surface area contributed by atoms with Gasteiger partial charge in [0.25, 0.3) is 0 Å². The van der Waals surface area contributed by atoms with E-state index in [9.17, 15) is 5.11 Å². The second-order valence-electron chi connectivity index (χ2n) is 4.73. The Kier molecular flexibility index (Phi) is 4.51. The molecule has 0 spiro atoms. The third-order valence-electron chi connectivity index (χ3n) is 3.58. The minimum atomic E-state index is 0.172. The first-order chi connectivity index (χ1) is 9.67. The molecule has 2 aromatic rings. The number of nitrogens with zero attached hydrogens (tertiary/aromatic N) is 1. The van der Waals surface area contributed by atoms with Crippen molar-refractivity contribution in [3.05, 3.63) is 54.1 Å². The third-order valence-corrected chi connectivity index (χ3v) is 3.58. The molecule has 0 aliphatic rings. The zero-order chi connectivity index (χ0) is 14.5. The third kappa shape index (κ3) is 2.87. The van der Waals surface area contributed by atoms with Gasteiger partial charge in [-0.1, -0.05) is 24.3 Å². The number of phenols is 1. The molecule has 2 rings (SSSR count). The number of hydrogen-bond donors (Lipinski definition) is 1. The second-order valence-corrected chi connectivity index (χ2v) is 4.73. The molecule has 1 atom stereocenters. The van der Waals surface area contributed by atoms with Gasteiger partial charge in [-0.2, -0.15) is 0 Å². The van der Waals surface area contributed by atoms with Crippen molar-refractivity contribution in [3.8, 4) is 11.5 Å². The molecule has 0 aromatic heterocycles. The molecule has 0 aliphatic carbocycles. The van der Waals surface area contributed by atoms with E-state index in [0.29, 0.717) is 5.75 Å². The van der Waals surface area contributed by atoms with Crippen LogP contribution in [-0.2, 0) is 0 Å². The number of para-hydroxylation sites is 1. The van der Waals surface area contributed by atoms with Crippen LogP contribution >= 0.6 is 0 Å². The van der Waals surface area contributed by atoms with E-state index in [2.05, 4.69) is 30.9 Å². The molecule has 1 N–H and O–H groups in total. The summed E-state index contributed by atoms with van der Waals surface area (Å²) in [5.41, 5.74) is 2.31. The van der Waals surface area contributed by atoms with Crippen molar-refractivity contribution in [1.29, 1.82) is 0 Å². The highest BCUT2D eigenvalue weighted by Crippen LogP contribution is 2.32. The fourth-order valence-electron chi connectivity index (χ4n) is 2.43. The van der Waals surface area contributed by atoms with Gasteiger partial charge in [-0.3, -0.25) is 0 Å². The van der Waals surface area contributed by atoms with Crippen molar-refractivity contribution in [1.82, 2.24) is 0 Å². The van der Waals surface area contributed by atoms with Crippen LogP contribution < -0.4 is 9.64 Å². The summed E-state index contributed by atoms with van der Waals surface area (Å²) in [7, 11) is 1.57. The molecule has 2 aromatic carbocycles. The molecule has 0 saturated heterocycles. The molecule has 0 radical (unpaired) electrons. The molecular formula is C17H21NO2. The average Bonchev–Trinajstić information content (AvgIpc) is 2.49. The van der Waals surface area contributed by atoms with Gasteiger partial charge >= 0.3 is 0 Å². The minimum Gasteiger partial charge on any atom is -0.504 e. The zero-order valence-electron chi connectivity index (χ0n) is 12.2. The Hall–Kier alpha value is -2.16. The number of hydrogen-bond acceptors (Lipinski definition) is 3. The molecule has 0 heterocycles. The fraction of sp³-hybridized carbons (Fsp3) is 0.294. The maximum atomic E-state index is 9.69. The van der Waals surface area contributed by atoms with Gasteiger partial charge in [0, 0.05) is 12.2 Å². The summed E-state index contributed by atoms with van der Waals surface area (Å²) in [6, 6.07) is 16.0. The first-order valence-electron chi connectivity index (χ1n) is 6.86. The quantitative estimate of drug-likeness (QED) is 0.892. The SMILES string of the molecule is CCN(c1ccccc1)C(C)c1ccc(O)c(OC)c1. The topological polar surface area (TPSA) is 32.7 Å². The van der Waals surface area contributed by atoms with Crippen LogP contribution in [0.15, 0.2) is 48.5 Å². The number of anilines is 1. The molecule has 1 unspecified atom stereocenters. The van der Waals surface area contributed by atoms with Crippen LogP contribution in [-0.4, -0.2) is 18.8 Å². The Morgan fingerprint density at radius 3 is 2.45 bits per heavy atom. The Labute approximate surface area is 120 Å². The Bertz CT molecular complexity index is 554. The van der Waals surface area contributed by atoms with E-state index in [0.717, 1.165) is 12.1 Å². The van der Waals surface area contributed by atoms with Crippen molar-refractivity contribution in [2.45, 2.75) is 19.9 Å². The number of rotatable bonds is 5. The standard InChI is InChI=1S/C17H21NO2/c1-4-18(15-8-6-5-7-9-15)13(2)14-10-11-16(19)17(12-14)20-3/h5-13,19H,4H2,1-3H3. The summed E-state index contributed by atoms with van der Waals surface area (Å²) >= 11 is 0. The van der Waals surface area contributed by atoms with E-state index in [-0.39, 0.29) is 11.8 Å². The summed E-state index contributed by atoms with van der Waals surface area (Å²) in [6.45, 7) is 5.21. The van der Waals surface area contributed by atoms with Crippen molar-refractivity contribution in [2.75, 3.05) is 18.6 Å². The van der Waals surface area contributed by atoms with E-state index in [1.807, 2.05) is 30.3 Å². The Balaban J connectivity index is 2.31. The number of methoxy groups -OCH3 is 1. The summed E-state index contributed by atoms with van der Waals surface area (Å²) in [6.07, 6.45) is 0. The minimum absolute atomic E-state index is 0.172. The van der Waals surface area contributed by atoms with E-state index < -0.39 is 0 Å². The first kappa shape index (κ1) is 14.3. The maximum Gasteiger partial charge on any atom is 0.160 e. The van der Waals surface area contributed by atoms with Crippen molar-refractivity contribution in [3.63, 3.8) is 0 Å². The Morgan fingerprint density at radius 2 is 1.85 bits per heavy atom. The predicted octanol–water partition coefficient (Wildman–Crippen LogP) is 3.99. The number of ether oxygens (including phenoxy) is 1. The number of benzene rings is 2. The first-order valence-corrected chi connectivity index (χ1v) is 6.86. The van der Waals surface area contributed by atoms with Gasteiger partial charge in [0.1, 0.15) is 0 Å². The van der Waals surface area contributed by atoms with Crippen LogP contribution in [0.2, 0.25) is 0 Å². The molecule has 0 bridgehead atoms. The van der Waals surface area contributed by atoms with Crippen LogP contribution in [0.1, 0.15) is 25.5 Å². The van der Waals surface area contributed by atoms with Crippen molar-refractivity contribution in [2.24, 2.45) is 0 Å². The largest absolute Gasteiger partial charge is 0.504 e. The van der Waals surface area contributed by atoms with Gasteiger partial charge in [0.05, 0.1) is 13.2 Å². The van der Waals surface area contributed by atoms with Gasteiger partial charge in [-0.15, -0.1) is 0 Å². The lowest BCUT2D eigenvalue weighted by Gasteiger charge is -2.30. The summed E-state index contributed by atoms with van der Waals surface area (Å²) < 4.78 is 5.19. The van der Waals surface area contributed by atoms with Gasteiger partial charge in [0.15, 0.2) is 11.5 Å². The molecule has 0 saturated carbocycles. The number of phenolic OH excluding ortho intramolecular Hbond substituents is 1. The molecule has 106 valence electrons. The molecular weight excluding hydrogens is 250 g/mol. The van der Waals surface area contributed by atoms with Crippen molar-refractivity contribution >= 4 is 5.69 Å². The summed E-state index contributed by atoms with van der Waals surface area (Å²) in [4.78, 5) is 2.31. The maximum absolute atomic E-state index is 9.69. The molecule has 3 nitrogen and oxygen atoms in total. The highest BCUT2D eigenvalue weighted by atomic mass is 16.5. The lowest BCUT2D eigenvalue weighted by molar-refractivity contribution is 0.372. The highest BCUT2D eigenvalue weighted by Gasteiger charge is 2.16. The van der Waals surface area contributed by atoms with Gasteiger partial charge in [-0.05, 0) is 43.7 Å². The van der Waals surface area contributed by atoms with Gasteiger partial charge < -0.3 is 14.7 Å². The van der Waals surface area contributed by atoms with E-state index in [1.54, 1.807) is 13.2 Å².